The summed E-state index contributed by atoms with van der Waals surface area (Å²) in [7, 11) is 1.78. The van der Waals surface area contributed by atoms with Crippen molar-refractivity contribution in [2.75, 3.05) is 36.9 Å². The number of nitrogens with zero attached hydrogens (tertiary/aromatic N) is 3. The summed E-state index contributed by atoms with van der Waals surface area (Å²) in [4.78, 5) is 20.3. The number of hydrogen-bond acceptors (Lipinski definition) is 4. The molecule has 0 bridgehead atoms. The normalized spacial score (nSPS) is 22.1. The minimum Gasteiger partial charge on any atom is -0.372 e. The van der Waals surface area contributed by atoms with E-state index in [0.717, 1.165) is 31.9 Å². The number of aromatic nitrogens is 1. The molecule has 2 aliphatic rings. The quantitative estimate of drug-likeness (QED) is 0.909. The first-order chi connectivity index (χ1) is 9.60. The van der Waals surface area contributed by atoms with Crippen LogP contribution in [0.3, 0.4) is 0 Å². The first kappa shape index (κ1) is 13.8. The fourth-order valence-electron chi connectivity index (χ4n) is 2.91. The Morgan fingerprint density at radius 2 is 2.15 bits per heavy atom. The molecule has 1 unspecified atom stereocenters. The number of halogens is 2. The van der Waals surface area contributed by atoms with Gasteiger partial charge < -0.3 is 15.1 Å². The zero-order valence-corrected chi connectivity index (χ0v) is 12.7. The number of hydrogen-bond donors (Lipinski definition) is 1. The second kappa shape index (κ2) is 5.30. The van der Waals surface area contributed by atoms with Crippen molar-refractivity contribution in [1.82, 2.24) is 9.88 Å². The van der Waals surface area contributed by atoms with Crippen molar-refractivity contribution in [3.8, 4) is 0 Å². The first-order valence-electron chi connectivity index (χ1n) is 6.68. The van der Waals surface area contributed by atoms with E-state index in [2.05, 4.69) is 15.2 Å². The number of nitrogens with one attached hydrogen (secondary N) is 1. The zero-order chi connectivity index (χ0) is 14.3. The lowest BCUT2D eigenvalue weighted by Crippen LogP contribution is -2.51. The lowest BCUT2D eigenvalue weighted by atomic mass is 10.1. The second-order valence-electron chi connectivity index (χ2n) is 5.10. The molecule has 2 saturated heterocycles. The summed E-state index contributed by atoms with van der Waals surface area (Å²) in [6.45, 7) is 2.27. The van der Waals surface area contributed by atoms with Crippen molar-refractivity contribution >= 4 is 40.7 Å². The molecule has 1 atom stereocenters. The van der Waals surface area contributed by atoms with Crippen LogP contribution in [0.1, 0.15) is 12.8 Å². The maximum Gasteiger partial charge on any atom is 0.223 e. The molecule has 2 aliphatic heterocycles. The van der Waals surface area contributed by atoms with E-state index in [0.29, 0.717) is 22.3 Å². The van der Waals surface area contributed by atoms with Crippen molar-refractivity contribution in [1.29, 1.82) is 0 Å². The van der Waals surface area contributed by atoms with Gasteiger partial charge in [-0.25, -0.2) is 4.98 Å². The summed E-state index contributed by atoms with van der Waals surface area (Å²) in [6.07, 6.45) is 1.57. The highest BCUT2D eigenvalue weighted by Crippen LogP contribution is 2.33. The maximum atomic E-state index is 11.7. The molecule has 1 aromatic heterocycles. The Balaban J connectivity index is 1.85. The average molecular weight is 315 g/mol. The molecule has 108 valence electrons. The minimum absolute atomic E-state index is 0.265. The molecule has 2 fully saturated rings. The molecule has 1 aromatic rings. The number of pyridine rings is 1. The highest BCUT2D eigenvalue weighted by molar-refractivity contribution is 6.37. The topological polar surface area (TPSA) is 48.5 Å². The van der Waals surface area contributed by atoms with Crippen LogP contribution in [0, 0.1) is 0 Å². The molecule has 1 amide bonds. The third-order valence-corrected chi connectivity index (χ3v) is 4.51. The van der Waals surface area contributed by atoms with Gasteiger partial charge in [0.2, 0.25) is 5.91 Å². The van der Waals surface area contributed by atoms with E-state index < -0.39 is 0 Å². The first-order valence-corrected chi connectivity index (χ1v) is 7.44. The fourth-order valence-corrected chi connectivity index (χ4v) is 3.48. The van der Waals surface area contributed by atoms with E-state index in [4.69, 9.17) is 23.2 Å². The van der Waals surface area contributed by atoms with Gasteiger partial charge in [0.15, 0.2) is 0 Å². The van der Waals surface area contributed by atoms with Gasteiger partial charge in [-0.1, -0.05) is 23.2 Å². The van der Waals surface area contributed by atoms with E-state index in [1.807, 2.05) is 4.90 Å². The molecule has 0 aromatic carbocycles. The van der Waals surface area contributed by atoms with Crippen molar-refractivity contribution in [2.24, 2.45) is 0 Å². The molecule has 5 nitrogen and oxygen atoms in total. The van der Waals surface area contributed by atoms with Gasteiger partial charge in [-0.2, -0.15) is 0 Å². The fraction of sp³-hybridized carbons (Fsp3) is 0.538. The Kier molecular flexibility index (Phi) is 3.65. The molecule has 0 spiro atoms. The largest absolute Gasteiger partial charge is 0.372 e. The summed E-state index contributed by atoms with van der Waals surface area (Å²) in [6, 6.07) is 1.99. The van der Waals surface area contributed by atoms with Crippen LogP contribution in [0.15, 0.2) is 6.07 Å². The predicted molar refractivity (Wildman–Crippen MR) is 80.8 cm³/mol. The van der Waals surface area contributed by atoms with E-state index in [9.17, 15) is 4.79 Å². The smallest absolute Gasteiger partial charge is 0.223 e. The Morgan fingerprint density at radius 1 is 1.35 bits per heavy atom. The van der Waals surface area contributed by atoms with Gasteiger partial charge in [0.1, 0.15) is 11.6 Å². The molecule has 3 rings (SSSR count). The second-order valence-corrected chi connectivity index (χ2v) is 5.91. The SMILES string of the molecule is CNc1nc(N2CCN3C(=O)CCC3C2)c(Cl)cc1Cl. The summed E-state index contributed by atoms with van der Waals surface area (Å²) in [5.41, 5.74) is 0. The van der Waals surface area contributed by atoms with Crippen LogP contribution in [-0.2, 0) is 4.79 Å². The van der Waals surface area contributed by atoms with Crippen LogP contribution < -0.4 is 10.2 Å². The molecule has 0 saturated carbocycles. The van der Waals surface area contributed by atoms with Crippen molar-refractivity contribution < 1.29 is 4.79 Å². The number of carbonyl (C=O) groups is 1. The molecular weight excluding hydrogens is 299 g/mol. The summed E-state index contributed by atoms with van der Waals surface area (Å²) < 4.78 is 0. The van der Waals surface area contributed by atoms with Gasteiger partial charge in [0.25, 0.3) is 0 Å². The third kappa shape index (κ3) is 2.29. The van der Waals surface area contributed by atoms with E-state index in [-0.39, 0.29) is 11.9 Å². The van der Waals surface area contributed by atoms with Gasteiger partial charge in [-0.15, -0.1) is 0 Å². The Labute approximate surface area is 127 Å². The highest BCUT2D eigenvalue weighted by Gasteiger charge is 2.36. The van der Waals surface area contributed by atoms with Gasteiger partial charge >= 0.3 is 0 Å². The average Bonchev–Trinajstić information content (AvgIpc) is 2.80. The summed E-state index contributed by atoms with van der Waals surface area (Å²) in [5.74, 6) is 1.62. The van der Waals surface area contributed by atoms with Crippen molar-refractivity contribution in [2.45, 2.75) is 18.9 Å². The molecule has 20 heavy (non-hydrogen) atoms. The Hall–Kier alpha value is -1.20. The van der Waals surface area contributed by atoms with Crippen molar-refractivity contribution in [3.63, 3.8) is 0 Å². The Morgan fingerprint density at radius 3 is 2.90 bits per heavy atom. The number of carbonyl (C=O) groups excluding carboxylic acids is 1. The van der Waals surface area contributed by atoms with Crippen LogP contribution in [-0.4, -0.2) is 48.5 Å². The molecule has 3 heterocycles. The number of rotatable bonds is 2. The van der Waals surface area contributed by atoms with Gasteiger partial charge in [-0.3, -0.25) is 4.79 Å². The van der Waals surface area contributed by atoms with Gasteiger partial charge in [0, 0.05) is 39.1 Å². The zero-order valence-electron chi connectivity index (χ0n) is 11.2. The van der Waals surface area contributed by atoms with Crippen molar-refractivity contribution in [3.05, 3.63) is 16.1 Å². The lowest BCUT2D eigenvalue weighted by Gasteiger charge is -2.38. The number of amides is 1. The lowest BCUT2D eigenvalue weighted by molar-refractivity contribution is -0.129. The molecule has 7 heteroatoms. The standard InChI is InChI=1S/C13H16Cl2N4O/c1-16-12-9(14)6-10(15)13(17-12)18-4-5-19-8(7-18)2-3-11(19)20/h6,8H,2-5,7H2,1H3,(H,16,17). The van der Waals surface area contributed by atoms with Gasteiger partial charge in [-0.05, 0) is 12.5 Å². The monoisotopic (exact) mass is 314 g/mol. The summed E-state index contributed by atoms with van der Waals surface area (Å²) >= 11 is 12.3. The van der Waals surface area contributed by atoms with Crippen LogP contribution in [0.25, 0.3) is 0 Å². The predicted octanol–water partition coefficient (Wildman–Crippen LogP) is 2.24. The highest BCUT2D eigenvalue weighted by atomic mass is 35.5. The van der Waals surface area contributed by atoms with E-state index in [1.54, 1.807) is 13.1 Å². The van der Waals surface area contributed by atoms with E-state index >= 15 is 0 Å². The van der Waals surface area contributed by atoms with Gasteiger partial charge in [0.05, 0.1) is 10.0 Å². The summed E-state index contributed by atoms with van der Waals surface area (Å²) in [5, 5.41) is 4.02. The number of piperazine rings is 1. The molecule has 1 N–H and O–H groups in total. The van der Waals surface area contributed by atoms with Crippen LogP contribution >= 0.6 is 23.2 Å². The molecule has 0 aliphatic carbocycles. The third-order valence-electron chi connectivity index (χ3n) is 3.94. The van der Waals surface area contributed by atoms with Crippen LogP contribution in [0.5, 0.6) is 0 Å². The van der Waals surface area contributed by atoms with Crippen LogP contribution in [0.2, 0.25) is 10.0 Å². The number of anilines is 2. The Bertz CT molecular complexity index is 551. The van der Waals surface area contributed by atoms with Crippen LogP contribution in [0.4, 0.5) is 11.6 Å². The maximum absolute atomic E-state index is 11.7. The minimum atomic E-state index is 0.265. The molecule has 0 radical (unpaired) electrons. The molecular formula is C13H16Cl2N4O. The van der Waals surface area contributed by atoms with E-state index in [1.165, 1.54) is 0 Å². The number of fused-ring (bicyclic) bond motifs is 1.